The van der Waals surface area contributed by atoms with Crippen LogP contribution in [-0.2, 0) is 14.5 Å². The minimum atomic E-state index is -0.594. The van der Waals surface area contributed by atoms with Crippen LogP contribution < -0.4 is 0 Å². The molecule has 5 heteroatoms. The van der Waals surface area contributed by atoms with Crippen molar-refractivity contribution in [2.75, 3.05) is 13.1 Å². The van der Waals surface area contributed by atoms with Gasteiger partial charge in [-0.3, -0.25) is 4.79 Å². The molecule has 1 N–H and O–H groups in total. The summed E-state index contributed by atoms with van der Waals surface area (Å²) in [6, 6.07) is 0. The van der Waals surface area contributed by atoms with Crippen molar-refractivity contribution in [3.05, 3.63) is 0 Å². The second kappa shape index (κ2) is 4.23. The zero-order valence-corrected chi connectivity index (χ0v) is 7.52. The lowest BCUT2D eigenvalue weighted by Gasteiger charge is -2.29. The Kier molecular flexibility index (Phi) is 3.25. The second-order valence-corrected chi connectivity index (χ2v) is 3.19. The molecule has 1 heterocycles. The van der Waals surface area contributed by atoms with Crippen LogP contribution in [0.5, 0.6) is 0 Å². The molecule has 1 rings (SSSR count). The lowest BCUT2D eigenvalue weighted by atomic mass is 9.97. The van der Waals surface area contributed by atoms with Gasteiger partial charge in [0, 0.05) is 20.0 Å². The minimum Gasteiger partial charge on any atom is -0.343 e. The van der Waals surface area contributed by atoms with E-state index in [1.165, 1.54) is 6.92 Å². The molecule has 0 aromatic carbocycles. The predicted octanol–water partition coefficient (Wildman–Crippen LogP) is 0.261. The summed E-state index contributed by atoms with van der Waals surface area (Å²) in [6.07, 6.45) is 1.14. The van der Waals surface area contributed by atoms with Crippen LogP contribution in [0.4, 0.5) is 0 Å². The zero-order valence-electron chi connectivity index (χ0n) is 7.52. The number of carbonyl (C=O) groups excluding carboxylic acids is 2. The number of amides is 1. The molecule has 13 heavy (non-hydrogen) atoms. The summed E-state index contributed by atoms with van der Waals surface area (Å²) in [4.78, 5) is 27.1. The lowest BCUT2D eigenvalue weighted by molar-refractivity contribution is -0.240. The molecule has 0 saturated carbocycles. The Bertz CT molecular complexity index is 208. The summed E-state index contributed by atoms with van der Waals surface area (Å²) in [5.41, 5.74) is 0. The first-order chi connectivity index (χ1) is 6.15. The predicted molar refractivity (Wildman–Crippen MR) is 43.7 cm³/mol. The molecule has 0 atom stereocenters. The van der Waals surface area contributed by atoms with Crippen molar-refractivity contribution in [2.45, 2.75) is 19.8 Å². The molecule has 0 aromatic rings. The standard InChI is InChI=1S/C8H13NO4/c1-6(10)9-4-2-7(3-5-9)8(11)13-12/h7,12H,2-5H2,1H3. The van der Waals surface area contributed by atoms with Crippen molar-refractivity contribution in [2.24, 2.45) is 5.92 Å². The van der Waals surface area contributed by atoms with Crippen molar-refractivity contribution in [1.29, 1.82) is 0 Å². The molecule has 1 aliphatic heterocycles. The van der Waals surface area contributed by atoms with E-state index in [2.05, 4.69) is 4.89 Å². The smallest absolute Gasteiger partial charge is 0.343 e. The number of hydrogen-bond acceptors (Lipinski definition) is 4. The van der Waals surface area contributed by atoms with E-state index in [0.29, 0.717) is 25.9 Å². The van der Waals surface area contributed by atoms with Crippen molar-refractivity contribution < 1.29 is 19.7 Å². The van der Waals surface area contributed by atoms with Crippen LogP contribution in [0.1, 0.15) is 19.8 Å². The highest BCUT2D eigenvalue weighted by Crippen LogP contribution is 2.17. The van der Waals surface area contributed by atoms with E-state index < -0.39 is 5.97 Å². The Labute approximate surface area is 76.2 Å². The number of piperidine rings is 1. The lowest BCUT2D eigenvalue weighted by Crippen LogP contribution is -2.39. The minimum absolute atomic E-state index is 0.0239. The molecule has 0 aromatic heterocycles. The SMILES string of the molecule is CC(=O)N1CCC(C(=O)OO)CC1. The van der Waals surface area contributed by atoms with Gasteiger partial charge in [0.05, 0.1) is 5.92 Å². The number of nitrogens with zero attached hydrogens (tertiary/aromatic N) is 1. The van der Waals surface area contributed by atoms with Gasteiger partial charge < -0.3 is 9.79 Å². The summed E-state index contributed by atoms with van der Waals surface area (Å²) in [5.74, 6) is -0.834. The maximum absolute atomic E-state index is 10.9. The second-order valence-electron chi connectivity index (χ2n) is 3.19. The van der Waals surface area contributed by atoms with Crippen LogP contribution in [-0.4, -0.2) is 35.1 Å². The fourth-order valence-electron chi connectivity index (χ4n) is 1.50. The van der Waals surface area contributed by atoms with Crippen LogP contribution in [0.15, 0.2) is 0 Å². The van der Waals surface area contributed by atoms with Gasteiger partial charge in [-0.25, -0.2) is 4.79 Å². The van der Waals surface area contributed by atoms with Crippen LogP contribution in [0.3, 0.4) is 0 Å². The molecular formula is C8H13NO4. The molecule has 1 aliphatic rings. The largest absolute Gasteiger partial charge is 0.345 e. The molecular weight excluding hydrogens is 174 g/mol. The third-order valence-electron chi connectivity index (χ3n) is 2.36. The van der Waals surface area contributed by atoms with Gasteiger partial charge >= 0.3 is 5.97 Å². The molecule has 1 amide bonds. The van der Waals surface area contributed by atoms with Gasteiger partial charge in [-0.15, -0.1) is 0 Å². The summed E-state index contributed by atoms with van der Waals surface area (Å²) in [7, 11) is 0. The quantitative estimate of drug-likeness (QED) is 0.472. The van der Waals surface area contributed by atoms with E-state index in [1.807, 2.05) is 0 Å². The van der Waals surface area contributed by atoms with E-state index in [4.69, 9.17) is 5.26 Å². The maximum atomic E-state index is 10.9. The average molecular weight is 187 g/mol. The molecule has 0 bridgehead atoms. The molecule has 0 unspecified atom stereocenters. The first-order valence-corrected chi connectivity index (χ1v) is 4.26. The molecule has 1 fully saturated rings. The normalized spacial score (nSPS) is 18.5. The topological polar surface area (TPSA) is 66.8 Å². The molecule has 0 aliphatic carbocycles. The number of likely N-dealkylation sites (tertiary alicyclic amines) is 1. The van der Waals surface area contributed by atoms with Crippen molar-refractivity contribution in [3.8, 4) is 0 Å². The Morgan fingerprint density at radius 3 is 2.31 bits per heavy atom. The van der Waals surface area contributed by atoms with E-state index >= 15 is 0 Å². The van der Waals surface area contributed by atoms with Gasteiger partial charge in [0.15, 0.2) is 0 Å². The maximum Gasteiger partial charge on any atom is 0.345 e. The van der Waals surface area contributed by atoms with Gasteiger partial charge in [0.1, 0.15) is 0 Å². The fraction of sp³-hybridized carbons (Fsp3) is 0.750. The fourth-order valence-corrected chi connectivity index (χ4v) is 1.50. The first-order valence-electron chi connectivity index (χ1n) is 4.26. The average Bonchev–Trinajstić information content (AvgIpc) is 2.17. The molecule has 0 spiro atoms. The highest BCUT2D eigenvalue weighted by atomic mass is 17.1. The molecule has 74 valence electrons. The Balaban J connectivity index is 2.39. The van der Waals surface area contributed by atoms with Crippen molar-refractivity contribution >= 4 is 11.9 Å². The summed E-state index contributed by atoms with van der Waals surface area (Å²) >= 11 is 0. The summed E-state index contributed by atoms with van der Waals surface area (Å²) in [5, 5.41) is 8.13. The Hall–Kier alpha value is -1.10. The third-order valence-corrected chi connectivity index (χ3v) is 2.36. The number of rotatable bonds is 1. The molecule has 1 saturated heterocycles. The monoisotopic (exact) mass is 187 g/mol. The highest BCUT2D eigenvalue weighted by molar-refractivity contribution is 5.75. The first kappa shape index (κ1) is 9.98. The van der Waals surface area contributed by atoms with Crippen LogP contribution >= 0.6 is 0 Å². The van der Waals surface area contributed by atoms with E-state index in [9.17, 15) is 9.59 Å². The van der Waals surface area contributed by atoms with Gasteiger partial charge in [0.25, 0.3) is 0 Å². The summed E-state index contributed by atoms with van der Waals surface area (Å²) < 4.78 is 0. The highest BCUT2D eigenvalue weighted by Gasteiger charge is 2.27. The van der Waals surface area contributed by atoms with E-state index in [-0.39, 0.29) is 11.8 Å². The number of hydrogen-bond donors (Lipinski definition) is 1. The number of carbonyl (C=O) groups is 2. The van der Waals surface area contributed by atoms with Gasteiger partial charge in [-0.2, -0.15) is 5.26 Å². The van der Waals surface area contributed by atoms with Crippen LogP contribution in [0, 0.1) is 5.92 Å². The van der Waals surface area contributed by atoms with E-state index in [1.54, 1.807) is 4.90 Å². The van der Waals surface area contributed by atoms with Crippen LogP contribution in [0.2, 0.25) is 0 Å². The summed E-state index contributed by atoms with van der Waals surface area (Å²) in [6.45, 7) is 2.63. The Morgan fingerprint density at radius 1 is 1.38 bits per heavy atom. The van der Waals surface area contributed by atoms with Gasteiger partial charge in [0.2, 0.25) is 5.91 Å². The zero-order chi connectivity index (χ0) is 9.84. The van der Waals surface area contributed by atoms with Crippen molar-refractivity contribution in [1.82, 2.24) is 4.90 Å². The Morgan fingerprint density at radius 2 is 1.92 bits per heavy atom. The van der Waals surface area contributed by atoms with Crippen molar-refractivity contribution in [3.63, 3.8) is 0 Å². The van der Waals surface area contributed by atoms with Crippen LogP contribution in [0.25, 0.3) is 0 Å². The molecule has 5 nitrogen and oxygen atoms in total. The van der Waals surface area contributed by atoms with E-state index in [0.717, 1.165) is 0 Å². The van der Waals surface area contributed by atoms with Gasteiger partial charge in [-0.05, 0) is 12.8 Å². The third kappa shape index (κ3) is 2.42. The molecule has 0 radical (unpaired) electrons. The van der Waals surface area contributed by atoms with Gasteiger partial charge in [-0.1, -0.05) is 0 Å².